The van der Waals surface area contributed by atoms with Crippen LogP contribution in [0, 0.1) is 12.7 Å². The van der Waals surface area contributed by atoms with Crippen molar-refractivity contribution in [1.82, 2.24) is 15.2 Å². The Kier molecular flexibility index (Phi) is 7.89. The highest BCUT2D eigenvalue weighted by atomic mass is 35.5. The number of aromatic nitrogens is 1. The summed E-state index contributed by atoms with van der Waals surface area (Å²) < 4.78 is 19.8. The molecule has 1 aromatic heterocycles. The van der Waals surface area contributed by atoms with E-state index in [1.54, 1.807) is 12.1 Å². The number of fused-ring (bicyclic) bond motifs is 1. The Morgan fingerprint density at radius 1 is 1.29 bits per heavy atom. The highest BCUT2D eigenvalue weighted by Crippen LogP contribution is 2.33. The van der Waals surface area contributed by atoms with E-state index in [1.165, 1.54) is 6.07 Å². The minimum atomic E-state index is -0.501. The average Bonchev–Trinajstić information content (AvgIpc) is 2.78. The molecule has 1 aliphatic heterocycles. The molecule has 0 unspecified atom stereocenters. The molecule has 2 N–H and O–H groups in total. The molecule has 8 heteroatoms. The van der Waals surface area contributed by atoms with Gasteiger partial charge in [-0.2, -0.15) is 0 Å². The van der Waals surface area contributed by atoms with Crippen LogP contribution in [0.15, 0.2) is 36.4 Å². The summed E-state index contributed by atoms with van der Waals surface area (Å²) in [6.45, 7) is 8.72. The predicted octanol–water partition coefficient (Wildman–Crippen LogP) is 4.52. The lowest BCUT2D eigenvalue weighted by Gasteiger charge is -2.35. The van der Waals surface area contributed by atoms with Gasteiger partial charge >= 0.3 is 0 Å². The minimum absolute atomic E-state index is 0.0103. The van der Waals surface area contributed by atoms with Gasteiger partial charge in [-0.25, -0.2) is 9.37 Å². The first-order valence-electron chi connectivity index (χ1n) is 11.9. The van der Waals surface area contributed by atoms with Gasteiger partial charge in [-0.3, -0.25) is 9.69 Å². The number of aryl methyl sites for hydroxylation is 1. The van der Waals surface area contributed by atoms with Crippen LogP contribution in [-0.2, 0) is 11.2 Å². The zero-order valence-corrected chi connectivity index (χ0v) is 21.0. The van der Waals surface area contributed by atoms with Gasteiger partial charge in [-0.1, -0.05) is 11.6 Å². The predicted molar refractivity (Wildman–Crippen MR) is 136 cm³/mol. The van der Waals surface area contributed by atoms with Crippen molar-refractivity contribution in [2.24, 2.45) is 0 Å². The largest absolute Gasteiger partial charge is 0.494 e. The topological polar surface area (TPSA) is 74.7 Å². The smallest absolute Gasteiger partial charge is 0.224 e. The molecular weight excluding hydrogens is 469 g/mol. The standard InChI is InChI=1S/C27H31ClFN3O3/c1-16(2)30-26(34)13-22-17(3)21-12-20(35-10-4-9-32-14-19(33)15-32)6-8-25(21)31-27(22)18-5-7-24(29)23(28)11-18/h5-8,11-12,16,19,33H,4,9-10,13-15H2,1-3H3,(H,30,34). The molecule has 2 aromatic carbocycles. The molecule has 35 heavy (non-hydrogen) atoms. The molecule has 1 amide bonds. The van der Waals surface area contributed by atoms with E-state index in [-0.39, 0.29) is 29.5 Å². The van der Waals surface area contributed by atoms with E-state index >= 15 is 0 Å². The van der Waals surface area contributed by atoms with Crippen LogP contribution in [-0.4, -0.2) is 59.3 Å². The third-order valence-electron chi connectivity index (χ3n) is 6.15. The highest BCUT2D eigenvalue weighted by Gasteiger charge is 2.23. The van der Waals surface area contributed by atoms with Crippen LogP contribution in [0.1, 0.15) is 31.4 Å². The fourth-order valence-corrected chi connectivity index (χ4v) is 4.55. The molecule has 0 atom stereocenters. The van der Waals surface area contributed by atoms with Gasteiger partial charge in [0, 0.05) is 36.6 Å². The first-order valence-corrected chi connectivity index (χ1v) is 12.3. The normalized spacial score (nSPS) is 14.4. The number of hydrogen-bond acceptors (Lipinski definition) is 5. The highest BCUT2D eigenvalue weighted by molar-refractivity contribution is 6.31. The van der Waals surface area contributed by atoms with Crippen LogP contribution in [0.5, 0.6) is 5.75 Å². The molecule has 1 saturated heterocycles. The zero-order chi connectivity index (χ0) is 25.1. The number of benzene rings is 2. The van der Waals surface area contributed by atoms with Gasteiger partial charge in [-0.15, -0.1) is 0 Å². The third kappa shape index (κ3) is 6.10. The number of amides is 1. The number of carbonyl (C=O) groups excluding carboxylic acids is 1. The molecule has 4 rings (SSSR count). The van der Waals surface area contributed by atoms with Crippen molar-refractivity contribution in [3.8, 4) is 17.0 Å². The van der Waals surface area contributed by atoms with Crippen LogP contribution in [0.4, 0.5) is 4.39 Å². The summed E-state index contributed by atoms with van der Waals surface area (Å²) in [5.74, 6) is 0.127. The summed E-state index contributed by atoms with van der Waals surface area (Å²) in [6.07, 6.45) is 0.816. The maximum Gasteiger partial charge on any atom is 0.224 e. The van der Waals surface area contributed by atoms with E-state index < -0.39 is 5.82 Å². The molecule has 0 bridgehead atoms. The summed E-state index contributed by atoms with van der Waals surface area (Å²) in [4.78, 5) is 19.7. The van der Waals surface area contributed by atoms with Crippen molar-refractivity contribution in [3.63, 3.8) is 0 Å². The SMILES string of the molecule is Cc1c(CC(=O)NC(C)C)c(-c2ccc(F)c(Cl)c2)nc2ccc(OCCCN3CC(O)C3)cc12. The Bertz CT molecular complexity index is 1230. The number of rotatable bonds is 9. The van der Waals surface area contributed by atoms with Crippen LogP contribution in [0.2, 0.25) is 5.02 Å². The van der Waals surface area contributed by atoms with Gasteiger partial charge in [0.25, 0.3) is 0 Å². The molecule has 186 valence electrons. The summed E-state index contributed by atoms with van der Waals surface area (Å²) in [7, 11) is 0. The van der Waals surface area contributed by atoms with Crippen LogP contribution >= 0.6 is 11.6 Å². The number of carbonyl (C=O) groups is 1. The van der Waals surface area contributed by atoms with E-state index in [9.17, 15) is 14.3 Å². The van der Waals surface area contributed by atoms with Crippen molar-refractivity contribution in [1.29, 1.82) is 0 Å². The fraction of sp³-hybridized carbons (Fsp3) is 0.407. The second kappa shape index (κ2) is 10.9. The molecule has 1 fully saturated rings. The zero-order valence-electron chi connectivity index (χ0n) is 20.3. The monoisotopic (exact) mass is 499 g/mol. The number of aliphatic hydroxyl groups is 1. The van der Waals surface area contributed by atoms with E-state index in [4.69, 9.17) is 21.3 Å². The lowest BCUT2D eigenvalue weighted by molar-refractivity contribution is -0.120. The van der Waals surface area contributed by atoms with Gasteiger partial charge in [0.05, 0.1) is 35.4 Å². The summed E-state index contributed by atoms with van der Waals surface area (Å²) in [6, 6.07) is 10.2. The second-order valence-electron chi connectivity index (χ2n) is 9.39. The van der Waals surface area contributed by atoms with E-state index in [2.05, 4.69) is 10.2 Å². The van der Waals surface area contributed by atoms with E-state index in [0.29, 0.717) is 17.9 Å². The van der Waals surface area contributed by atoms with Gasteiger partial charge in [0.15, 0.2) is 0 Å². The van der Waals surface area contributed by atoms with Crippen LogP contribution in [0.3, 0.4) is 0 Å². The fourth-order valence-electron chi connectivity index (χ4n) is 4.37. The van der Waals surface area contributed by atoms with Gasteiger partial charge in [-0.05, 0) is 74.7 Å². The van der Waals surface area contributed by atoms with Crippen LogP contribution in [0.25, 0.3) is 22.2 Å². The van der Waals surface area contributed by atoms with Gasteiger partial charge in [0.2, 0.25) is 5.91 Å². The quantitative estimate of drug-likeness (QED) is 0.423. The number of ether oxygens (including phenoxy) is 1. The van der Waals surface area contributed by atoms with Crippen molar-refractivity contribution in [2.45, 2.75) is 45.8 Å². The van der Waals surface area contributed by atoms with E-state index in [0.717, 1.165) is 53.8 Å². The number of halogens is 2. The number of pyridine rings is 1. The Hall–Kier alpha value is -2.74. The van der Waals surface area contributed by atoms with Crippen molar-refractivity contribution in [3.05, 3.63) is 58.4 Å². The minimum Gasteiger partial charge on any atom is -0.494 e. The van der Waals surface area contributed by atoms with Crippen LogP contribution < -0.4 is 10.1 Å². The Balaban J connectivity index is 1.63. The molecule has 0 spiro atoms. The van der Waals surface area contributed by atoms with Crippen molar-refractivity contribution < 1.29 is 19.0 Å². The first-order chi connectivity index (χ1) is 16.7. The van der Waals surface area contributed by atoms with Crippen molar-refractivity contribution in [2.75, 3.05) is 26.2 Å². The maximum atomic E-state index is 13.8. The number of nitrogens with zero attached hydrogens (tertiary/aromatic N) is 2. The van der Waals surface area contributed by atoms with E-state index in [1.807, 2.05) is 39.0 Å². The number of hydrogen-bond donors (Lipinski definition) is 2. The number of aliphatic hydroxyl groups excluding tert-OH is 1. The van der Waals surface area contributed by atoms with Gasteiger partial charge in [0.1, 0.15) is 11.6 Å². The number of likely N-dealkylation sites (tertiary alicyclic amines) is 1. The Morgan fingerprint density at radius 3 is 2.74 bits per heavy atom. The first kappa shape index (κ1) is 25.4. The molecule has 2 heterocycles. The Morgan fingerprint density at radius 2 is 2.06 bits per heavy atom. The Labute approximate surface area is 210 Å². The second-order valence-corrected chi connectivity index (χ2v) is 9.79. The number of β-amino-alcohol motifs (C(OH)–C–C–N with tert-alkyl or cyclic N) is 1. The van der Waals surface area contributed by atoms with Crippen molar-refractivity contribution >= 4 is 28.4 Å². The summed E-state index contributed by atoms with van der Waals surface area (Å²) in [5.41, 5.74) is 3.72. The molecule has 0 aliphatic carbocycles. The lowest BCUT2D eigenvalue weighted by atomic mass is 9.95. The summed E-state index contributed by atoms with van der Waals surface area (Å²) >= 11 is 6.06. The number of nitrogens with one attached hydrogen (secondary N) is 1. The molecule has 0 saturated carbocycles. The summed E-state index contributed by atoms with van der Waals surface area (Å²) in [5, 5.41) is 13.2. The molecule has 6 nitrogen and oxygen atoms in total. The third-order valence-corrected chi connectivity index (χ3v) is 6.44. The molecule has 3 aromatic rings. The molecular formula is C27H31ClFN3O3. The van der Waals surface area contributed by atoms with Gasteiger partial charge < -0.3 is 15.2 Å². The average molecular weight is 500 g/mol. The molecule has 0 radical (unpaired) electrons. The maximum absolute atomic E-state index is 13.8. The molecule has 1 aliphatic rings. The lowest BCUT2D eigenvalue weighted by Crippen LogP contribution is -2.50.